The molecule has 0 saturated heterocycles. The number of anilines is 2. The molecule has 0 bridgehead atoms. The average Bonchev–Trinajstić information content (AvgIpc) is 2.81. The van der Waals surface area contributed by atoms with Gasteiger partial charge in [-0.15, -0.1) is 0 Å². The monoisotopic (exact) mass is 424 g/mol. The van der Waals surface area contributed by atoms with Crippen LogP contribution < -0.4 is 9.80 Å². The molecule has 2 rings (SSSR count). The van der Waals surface area contributed by atoms with Gasteiger partial charge in [0.15, 0.2) is 0 Å². The first kappa shape index (κ1) is 25.3. The van der Waals surface area contributed by atoms with Crippen molar-refractivity contribution in [3.8, 4) is 0 Å². The lowest BCUT2D eigenvalue weighted by Crippen LogP contribution is -2.22. The van der Waals surface area contributed by atoms with E-state index in [2.05, 4.69) is 92.9 Å². The minimum atomic E-state index is -0.0114. The van der Waals surface area contributed by atoms with Gasteiger partial charge >= 0.3 is 0 Å². The molecule has 0 radical (unpaired) electrons. The highest BCUT2D eigenvalue weighted by Gasteiger charge is 2.16. The molecular formula is C28H44N2O. The Kier molecular flexibility index (Phi) is 11.5. The maximum Gasteiger partial charge on any atom is 0.108 e. The van der Waals surface area contributed by atoms with E-state index in [1.807, 2.05) is 0 Å². The molecule has 0 aromatic heterocycles. The van der Waals surface area contributed by atoms with Gasteiger partial charge in [0.25, 0.3) is 0 Å². The second kappa shape index (κ2) is 14.1. The summed E-state index contributed by atoms with van der Waals surface area (Å²) in [6.07, 6.45) is 6.28. The van der Waals surface area contributed by atoms with Gasteiger partial charge in [0.1, 0.15) is 6.10 Å². The van der Waals surface area contributed by atoms with Crippen molar-refractivity contribution >= 4 is 11.4 Å². The SMILES string of the molecule is CCCCCCCOC(c1ccc(N(CC)CC)cc1)c1ccc(N(CC)CC)cc1. The summed E-state index contributed by atoms with van der Waals surface area (Å²) in [5.74, 6) is 0. The third-order valence-corrected chi connectivity index (χ3v) is 6.18. The molecule has 3 heteroatoms. The van der Waals surface area contributed by atoms with Crippen LogP contribution in [0.5, 0.6) is 0 Å². The van der Waals surface area contributed by atoms with Gasteiger partial charge in [-0.2, -0.15) is 0 Å². The summed E-state index contributed by atoms with van der Waals surface area (Å²) in [6, 6.07) is 17.9. The van der Waals surface area contributed by atoms with E-state index in [0.29, 0.717) is 0 Å². The minimum Gasteiger partial charge on any atom is -0.372 e. The summed E-state index contributed by atoms with van der Waals surface area (Å²) >= 11 is 0. The van der Waals surface area contributed by atoms with Crippen LogP contribution in [0.15, 0.2) is 48.5 Å². The first-order chi connectivity index (χ1) is 15.2. The number of hydrogen-bond acceptors (Lipinski definition) is 3. The van der Waals surface area contributed by atoms with Gasteiger partial charge in [-0.05, 0) is 69.5 Å². The predicted octanol–water partition coefficient (Wildman–Crippen LogP) is 7.46. The summed E-state index contributed by atoms with van der Waals surface area (Å²) in [7, 11) is 0. The fourth-order valence-corrected chi connectivity index (χ4v) is 4.19. The summed E-state index contributed by atoms with van der Waals surface area (Å²) in [4.78, 5) is 4.76. The molecule has 0 aliphatic heterocycles. The molecule has 2 aromatic rings. The molecule has 0 unspecified atom stereocenters. The van der Waals surface area contributed by atoms with Crippen LogP contribution >= 0.6 is 0 Å². The van der Waals surface area contributed by atoms with Crippen LogP contribution in [0.4, 0.5) is 11.4 Å². The fraction of sp³-hybridized carbons (Fsp3) is 0.571. The van der Waals surface area contributed by atoms with Gasteiger partial charge < -0.3 is 14.5 Å². The van der Waals surface area contributed by atoms with Crippen molar-refractivity contribution in [2.24, 2.45) is 0 Å². The quantitative estimate of drug-likeness (QED) is 0.276. The van der Waals surface area contributed by atoms with Crippen molar-refractivity contribution in [3.05, 3.63) is 59.7 Å². The van der Waals surface area contributed by atoms with E-state index in [-0.39, 0.29) is 6.10 Å². The highest BCUT2D eigenvalue weighted by molar-refractivity contribution is 5.51. The van der Waals surface area contributed by atoms with Crippen LogP contribution in [0.1, 0.15) is 84.0 Å². The lowest BCUT2D eigenvalue weighted by molar-refractivity contribution is 0.0768. The summed E-state index contributed by atoms with van der Waals surface area (Å²) < 4.78 is 6.47. The molecule has 31 heavy (non-hydrogen) atoms. The number of hydrogen-bond donors (Lipinski definition) is 0. The Balaban J connectivity index is 2.18. The molecule has 0 amide bonds. The maximum absolute atomic E-state index is 6.47. The Hall–Kier alpha value is -2.00. The summed E-state index contributed by atoms with van der Waals surface area (Å²) in [5, 5.41) is 0. The summed E-state index contributed by atoms with van der Waals surface area (Å²) in [6.45, 7) is 16.0. The molecule has 0 N–H and O–H groups in total. The zero-order valence-corrected chi connectivity index (χ0v) is 20.6. The van der Waals surface area contributed by atoms with Gasteiger partial charge in [-0.1, -0.05) is 56.9 Å². The van der Waals surface area contributed by atoms with Crippen LogP contribution in [0.2, 0.25) is 0 Å². The second-order valence-electron chi connectivity index (χ2n) is 8.19. The molecule has 0 aliphatic rings. The Morgan fingerprint density at radius 1 is 0.581 bits per heavy atom. The molecule has 0 aliphatic carbocycles. The van der Waals surface area contributed by atoms with Gasteiger partial charge in [0, 0.05) is 44.2 Å². The van der Waals surface area contributed by atoms with Gasteiger partial charge in [-0.25, -0.2) is 0 Å². The van der Waals surface area contributed by atoms with E-state index >= 15 is 0 Å². The molecule has 0 fully saturated rings. The zero-order valence-electron chi connectivity index (χ0n) is 20.6. The van der Waals surface area contributed by atoms with Crippen LogP contribution in [0.25, 0.3) is 0 Å². The maximum atomic E-state index is 6.47. The second-order valence-corrected chi connectivity index (χ2v) is 8.19. The highest BCUT2D eigenvalue weighted by atomic mass is 16.5. The van der Waals surface area contributed by atoms with Crippen molar-refractivity contribution in [1.82, 2.24) is 0 Å². The minimum absolute atomic E-state index is 0.0114. The fourth-order valence-electron chi connectivity index (χ4n) is 4.19. The van der Waals surface area contributed by atoms with E-state index < -0.39 is 0 Å². The average molecular weight is 425 g/mol. The lowest BCUT2D eigenvalue weighted by atomic mass is 10.00. The van der Waals surface area contributed by atoms with Crippen LogP contribution in [0, 0.1) is 0 Å². The standard InChI is InChI=1S/C28H44N2O/c1-6-11-12-13-14-23-31-28(24-15-19-26(20-16-24)29(7-2)8-3)25-17-21-27(22-18-25)30(9-4)10-5/h15-22,28H,6-14,23H2,1-5H3. The number of ether oxygens (including phenoxy) is 1. The number of unbranched alkanes of at least 4 members (excludes halogenated alkanes) is 4. The van der Waals surface area contributed by atoms with Crippen LogP contribution in [-0.2, 0) is 4.74 Å². The van der Waals surface area contributed by atoms with E-state index in [4.69, 9.17) is 4.74 Å². The van der Waals surface area contributed by atoms with E-state index in [9.17, 15) is 0 Å². The van der Waals surface area contributed by atoms with Crippen molar-refractivity contribution in [2.45, 2.75) is 72.8 Å². The van der Waals surface area contributed by atoms with Gasteiger partial charge in [0.05, 0.1) is 0 Å². The van der Waals surface area contributed by atoms with Crippen molar-refractivity contribution in [2.75, 3.05) is 42.6 Å². The largest absolute Gasteiger partial charge is 0.372 e. The molecule has 0 saturated carbocycles. The third kappa shape index (κ3) is 7.57. The molecule has 0 atom stereocenters. The van der Waals surface area contributed by atoms with Crippen LogP contribution in [-0.4, -0.2) is 32.8 Å². The van der Waals surface area contributed by atoms with Gasteiger partial charge in [0.2, 0.25) is 0 Å². The molecule has 3 nitrogen and oxygen atoms in total. The van der Waals surface area contributed by atoms with Crippen molar-refractivity contribution in [3.63, 3.8) is 0 Å². The Labute approximate surface area is 191 Å². The third-order valence-electron chi connectivity index (χ3n) is 6.18. The number of benzene rings is 2. The first-order valence-electron chi connectivity index (χ1n) is 12.5. The van der Waals surface area contributed by atoms with E-state index in [1.54, 1.807) is 0 Å². The molecule has 0 heterocycles. The Bertz CT molecular complexity index is 647. The zero-order chi connectivity index (χ0) is 22.5. The molecule has 2 aromatic carbocycles. The van der Waals surface area contributed by atoms with E-state index in [0.717, 1.165) is 39.2 Å². The smallest absolute Gasteiger partial charge is 0.108 e. The molecular weight excluding hydrogens is 380 g/mol. The highest BCUT2D eigenvalue weighted by Crippen LogP contribution is 2.30. The van der Waals surface area contributed by atoms with Gasteiger partial charge in [-0.3, -0.25) is 0 Å². The number of nitrogens with zero attached hydrogens (tertiary/aromatic N) is 2. The normalized spacial score (nSPS) is 11.2. The Morgan fingerprint density at radius 3 is 1.39 bits per heavy atom. The van der Waals surface area contributed by atoms with Crippen molar-refractivity contribution in [1.29, 1.82) is 0 Å². The molecule has 0 spiro atoms. The van der Waals surface area contributed by atoms with E-state index in [1.165, 1.54) is 48.2 Å². The number of rotatable bonds is 15. The Morgan fingerprint density at radius 2 is 1.00 bits per heavy atom. The topological polar surface area (TPSA) is 15.7 Å². The lowest BCUT2D eigenvalue weighted by Gasteiger charge is -2.24. The van der Waals surface area contributed by atoms with Crippen molar-refractivity contribution < 1.29 is 4.74 Å². The summed E-state index contributed by atoms with van der Waals surface area (Å²) in [5.41, 5.74) is 5.04. The first-order valence-corrected chi connectivity index (χ1v) is 12.5. The molecule has 172 valence electrons. The van der Waals surface area contributed by atoms with Crippen LogP contribution in [0.3, 0.4) is 0 Å². The predicted molar refractivity (Wildman–Crippen MR) is 137 cm³/mol.